The second-order valence-corrected chi connectivity index (χ2v) is 9.85. The van der Waals surface area contributed by atoms with E-state index in [4.69, 9.17) is 21.3 Å². The minimum atomic E-state index is -0.458. The van der Waals surface area contributed by atoms with Gasteiger partial charge in [0.2, 0.25) is 5.95 Å². The van der Waals surface area contributed by atoms with Crippen molar-refractivity contribution in [3.63, 3.8) is 0 Å². The molecule has 0 saturated carbocycles. The molecule has 9 nitrogen and oxygen atoms in total. The quantitative estimate of drug-likeness (QED) is 0.584. The largest absolute Gasteiger partial charge is 0.389 e. The number of nitrogens with one attached hydrogen (secondary N) is 1. The minimum absolute atomic E-state index is 0.313. The number of piperidine rings is 1. The predicted octanol–water partition coefficient (Wildman–Crippen LogP) is 3.27. The highest BCUT2D eigenvalue weighted by Crippen LogP contribution is 2.38. The molecule has 178 valence electrons. The van der Waals surface area contributed by atoms with Gasteiger partial charge < -0.3 is 15.2 Å². The van der Waals surface area contributed by atoms with E-state index in [2.05, 4.69) is 39.4 Å². The van der Waals surface area contributed by atoms with Crippen molar-refractivity contribution in [2.24, 2.45) is 7.05 Å². The van der Waals surface area contributed by atoms with Gasteiger partial charge in [-0.05, 0) is 63.4 Å². The van der Waals surface area contributed by atoms with Crippen LogP contribution >= 0.6 is 11.6 Å². The third kappa shape index (κ3) is 3.91. The van der Waals surface area contributed by atoms with Crippen LogP contribution in [0.4, 0.5) is 11.8 Å². The summed E-state index contributed by atoms with van der Waals surface area (Å²) < 4.78 is 7.15. The summed E-state index contributed by atoms with van der Waals surface area (Å²) in [5.74, 6) is 1.28. The van der Waals surface area contributed by atoms with Crippen LogP contribution in [0.25, 0.3) is 10.9 Å². The normalized spacial score (nSPS) is 23.9. The molecule has 0 unspecified atom stereocenters. The smallest absolute Gasteiger partial charge is 0.228 e. The van der Waals surface area contributed by atoms with Crippen molar-refractivity contribution in [2.45, 2.75) is 44.2 Å². The number of aliphatic hydroxyl groups is 1. The van der Waals surface area contributed by atoms with Crippen molar-refractivity contribution in [3.05, 3.63) is 40.2 Å². The Morgan fingerprint density at radius 1 is 1.32 bits per heavy atom. The molecule has 2 aliphatic heterocycles. The van der Waals surface area contributed by atoms with Gasteiger partial charge in [-0.3, -0.25) is 9.58 Å². The predicted molar refractivity (Wildman–Crippen MR) is 129 cm³/mol. The maximum absolute atomic E-state index is 10.4. The highest BCUT2D eigenvalue weighted by molar-refractivity contribution is 6.32. The van der Waals surface area contributed by atoms with Crippen molar-refractivity contribution >= 4 is 34.3 Å². The number of nitriles is 1. The van der Waals surface area contributed by atoms with Gasteiger partial charge in [0.05, 0.1) is 36.1 Å². The van der Waals surface area contributed by atoms with Crippen LogP contribution in [0.5, 0.6) is 0 Å². The highest BCUT2D eigenvalue weighted by atomic mass is 35.5. The molecule has 2 aromatic heterocycles. The average Bonchev–Trinajstić information content (AvgIpc) is 3.31. The summed E-state index contributed by atoms with van der Waals surface area (Å²) >= 11 is 6.69. The lowest BCUT2D eigenvalue weighted by atomic mass is 9.85. The number of aliphatic hydroxyl groups excluding tert-OH is 1. The number of hydrogen-bond acceptors (Lipinski definition) is 8. The molecule has 0 amide bonds. The minimum Gasteiger partial charge on any atom is -0.389 e. The molecule has 2 fully saturated rings. The zero-order chi connectivity index (χ0) is 24.0. The lowest BCUT2D eigenvalue weighted by molar-refractivity contribution is -0.00211. The van der Waals surface area contributed by atoms with Gasteiger partial charge in [0.25, 0.3) is 0 Å². The number of hydrogen-bond donors (Lipinski definition) is 2. The Morgan fingerprint density at radius 3 is 2.76 bits per heavy atom. The van der Waals surface area contributed by atoms with E-state index < -0.39 is 6.10 Å². The molecule has 4 heterocycles. The molecule has 0 spiro atoms. The fourth-order valence-corrected chi connectivity index (χ4v) is 5.46. The number of aromatic nitrogens is 4. The summed E-state index contributed by atoms with van der Waals surface area (Å²) in [6.07, 6.45) is 3.17. The molecule has 2 saturated heterocycles. The molecule has 34 heavy (non-hydrogen) atoms. The molecule has 1 aromatic carbocycles. The van der Waals surface area contributed by atoms with Crippen molar-refractivity contribution in [2.75, 3.05) is 31.6 Å². The summed E-state index contributed by atoms with van der Waals surface area (Å²) in [7, 11) is 1.78. The Hall–Kier alpha value is -2.77. The second kappa shape index (κ2) is 8.78. The molecule has 2 N–H and O–H groups in total. The summed E-state index contributed by atoms with van der Waals surface area (Å²) in [5.41, 5.74) is 2.68. The van der Waals surface area contributed by atoms with E-state index in [1.54, 1.807) is 24.9 Å². The van der Waals surface area contributed by atoms with Crippen LogP contribution in [0, 0.1) is 18.3 Å². The number of aryl methyl sites for hydroxylation is 2. The van der Waals surface area contributed by atoms with Gasteiger partial charge in [0.1, 0.15) is 17.5 Å². The van der Waals surface area contributed by atoms with Gasteiger partial charge in [-0.2, -0.15) is 10.4 Å². The zero-order valence-electron chi connectivity index (χ0n) is 19.5. The first-order chi connectivity index (χ1) is 16.3. The van der Waals surface area contributed by atoms with Crippen LogP contribution in [0.1, 0.15) is 42.5 Å². The molecule has 10 heteroatoms. The summed E-state index contributed by atoms with van der Waals surface area (Å²) in [4.78, 5) is 11.5. The number of ether oxygens (including phenoxy) is 1. The first-order valence-corrected chi connectivity index (χ1v) is 11.9. The number of halogens is 1. The summed E-state index contributed by atoms with van der Waals surface area (Å²) in [6.45, 7) is 6.60. The van der Waals surface area contributed by atoms with Crippen LogP contribution in [0.2, 0.25) is 5.02 Å². The standard InChI is InChI=1S/C24H28ClN7O2/c1-14-18(10-26)22(31(3)30-14)29-23-27-11-16-8-19(25)17(9-20(16)28-23)15-4-6-32(7-5-15)24(2)13-34-12-21(24)33/h8-9,11,15,21,33H,4-7,12-13H2,1-3H3,(H,27,28,29)/t21-,24+/m0/s1. The average molecular weight is 482 g/mol. The van der Waals surface area contributed by atoms with Crippen molar-refractivity contribution < 1.29 is 9.84 Å². The third-order valence-corrected chi connectivity index (χ3v) is 7.63. The highest BCUT2D eigenvalue weighted by Gasteiger charge is 2.45. The van der Waals surface area contributed by atoms with Gasteiger partial charge in [0.15, 0.2) is 0 Å². The first-order valence-electron chi connectivity index (χ1n) is 11.5. The molecule has 2 atom stereocenters. The number of fused-ring (bicyclic) bond motifs is 1. The maximum atomic E-state index is 10.4. The van der Waals surface area contributed by atoms with Gasteiger partial charge in [-0.15, -0.1) is 0 Å². The maximum Gasteiger partial charge on any atom is 0.228 e. The van der Waals surface area contributed by atoms with E-state index in [-0.39, 0.29) is 5.54 Å². The summed E-state index contributed by atoms with van der Waals surface area (Å²) in [5, 5.41) is 28.9. The lowest BCUT2D eigenvalue weighted by Crippen LogP contribution is -2.56. The Kier molecular flexibility index (Phi) is 5.94. The number of benzene rings is 1. The molecule has 0 radical (unpaired) electrons. The van der Waals surface area contributed by atoms with Crippen molar-refractivity contribution in [1.29, 1.82) is 5.26 Å². The van der Waals surface area contributed by atoms with Crippen LogP contribution in [0.3, 0.4) is 0 Å². The molecule has 0 aliphatic carbocycles. The van der Waals surface area contributed by atoms with Gasteiger partial charge >= 0.3 is 0 Å². The molecule has 2 aliphatic rings. The van der Waals surface area contributed by atoms with E-state index in [0.717, 1.165) is 47.4 Å². The molecule has 5 rings (SSSR count). The van der Waals surface area contributed by atoms with E-state index in [1.165, 1.54) is 0 Å². The van der Waals surface area contributed by atoms with Crippen LogP contribution in [0.15, 0.2) is 18.3 Å². The molecular formula is C24H28ClN7O2. The Morgan fingerprint density at radius 2 is 2.09 bits per heavy atom. The van der Waals surface area contributed by atoms with Gasteiger partial charge in [0, 0.05) is 23.7 Å². The van der Waals surface area contributed by atoms with Crippen molar-refractivity contribution in [3.8, 4) is 6.07 Å². The fourth-order valence-electron chi connectivity index (χ4n) is 5.14. The second-order valence-electron chi connectivity index (χ2n) is 9.44. The number of anilines is 2. The van der Waals surface area contributed by atoms with Crippen LogP contribution < -0.4 is 5.32 Å². The molecule has 0 bridgehead atoms. The SMILES string of the molecule is Cc1nn(C)c(Nc2ncc3cc(Cl)c(C4CCN([C@]5(C)COC[C@@H]5O)CC4)cc3n2)c1C#N. The lowest BCUT2D eigenvalue weighted by Gasteiger charge is -2.43. The Labute approximate surface area is 203 Å². The number of nitrogens with zero attached hydrogens (tertiary/aromatic N) is 6. The topological polar surface area (TPSA) is 112 Å². The van der Waals surface area contributed by atoms with Crippen LogP contribution in [-0.4, -0.2) is 67.7 Å². The van der Waals surface area contributed by atoms with Crippen LogP contribution in [-0.2, 0) is 11.8 Å². The number of rotatable bonds is 4. The van der Waals surface area contributed by atoms with Gasteiger partial charge in [-0.25, -0.2) is 9.97 Å². The van der Waals surface area contributed by atoms with Crippen molar-refractivity contribution in [1.82, 2.24) is 24.6 Å². The van der Waals surface area contributed by atoms with E-state index >= 15 is 0 Å². The Bertz CT molecular complexity index is 1280. The first kappa shape index (κ1) is 23.0. The fraction of sp³-hybridized carbons (Fsp3) is 0.500. The molecular weight excluding hydrogens is 454 g/mol. The molecule has 3 aromatic rings. The monoisotopic (exact) mass is 481 g/mol. The van der Waals surface area contributed by atoms with Gasteiger partial charge in [-0.1, -0.05) is 11.6 Å². The third-order valence-electron chi connectivity index (χ3n) is 7.31. The number of likely N-dealkylation sites (tertiary alicyclic amines) is 1. The van der Waals surface area contributed by atoms with E-state index in [9.17, 15) is 10.4 Å². The summed E-state index contributed by atoms with van der Waals surface area (Å²) in [6, 6.07) is 6.16. The van der Waals surface area contributed by atoms with E-state index in [1.807, 2.05) is 6.07 Å². The zero-order valence-corrected chi connectivity index (χ0v) is 20.3. The van der Waals surface area contributed by atoms with E-state index in [0.29, 0.717) is 42.2 Å². The Balaban J connectivity index is 1.38.